The van der Waals surface area contributed by atoms with E-state index in [0.717, 1.165) is 6.54 Å². The predicted octanol–water partition coefficient (Wildman–Crippen LogP) is -0.0154. The molecule has 3 atom stereocenters. The average Bonchev–Trinajstić information content (AvgIpc) is 2.68. The fourth-order valence-corrected chi connectivity index (χ4v) is 3.03. The van der Waals surface area contributed by atoms with Gasteiger partial charge in [-0.2, -0.15) is 0 Å². The molecule has 1 N–H and O–H groups in total. The zero-order valence-electron chi connectivity index (χ0n) is 11.9. The molecule has 0 radical (unpaired) electrons. The molecular weight excluding hydrogens is 240 g/mol. The lowest BCUT2D eigenvalue weighted by atomic mass is 9.98. The maximum absolute atomic E-state index is 11.4. The summed E-state index contributed by atoms with van der Waals surface area (Å²) < 4.78 is 0. The predicted molar refractivity (Wildman–Crippen MR) is 72.3 cm³/mol. The summed E-state index contributed by atoms with van der Waals surface area (Å²) in [5.74, 6) is 5.99. The lowest BCUT2D eigenvalue weighted by Gasteiger charge is -2.34. The van der Waals surface area contributed by atoms with Crippen LogP contribution in [0.25, 0.3) is 0 Å². The van der Waals surface area contributed by atoms with Gasteiger partial charge in [-0.15, -0.1) is 0 Å². The number of nitrogens with one attached hydrogen (secondary N) is 1. The molecule has 0 aromatic rings. The molecule has 0 bridgehead atoms. The number of amides is 2. The molecule has 19 heavy (non-hydrogen) atoms. The molecule has 2 fully saturated rings. The van der Waals surface area contributed by atoms with E-state index >= 15 is 0 Å². The topological polar surface area (TPSA) is 41.8 Å². The Kier molecular flexibility index (Phi) is 4.60. The smallest absolute Gasteiger partial charge is 0.230 e. The van der Waals surface area contributed by atoms with Crippen molar-refractivity contribution in [2.75, 3.05) is 13.1 Å². The number of likely N-dealkylation sites (tertiary alicyclic amines) is 2. The van der Waals surface area contributed by atoms with Crippen LogP contribution in [0.1, 0.15) is 46.0 Å². The van der Waals surface area contributed by atoms with Crippen molar-refractivity contribution in [2.24, 2.45) is 0 Å². The van der Waals surface area contributed by atoms with Gasteiger partial charge in [-0.3, -0.25) is 14.5 Å². The van der Waals surface area contributed by atoms with E-state index in [2.05, 4.69) is 25.7 Å². The first-order valence-electron chi connectivity index (χ1n) is 7.24. The molecule has 2 heterocycles. The first-order chi connectivity index (χ1) is 9.09. The second-order valence-electron chi connectivity index (χ2n) is 5.71. The van der Waals surface area contributed by atoms with Gasteiger partial charge in [-0.1, -0.05) is 5.92 Å². The molecule has 0 aliphatic carbocycles. The lowest BCUT2D eigenvalue weighted by Crippen LogP contribution is -3.19. The van der Waals surface area contributed by atoms with Crippen molar-refractivity contribution < 1.29 is 14.5 Å². The molecule has 2 aliphatic heterocycles. The summed E-state index contributed by atoms with van der Waals surface area (Å²) in [6, 6.07) is 1.32. The van der Waals surface area contributed by atoms with Crippen molar-refractivity contribution in [3.8, 4) is 11.8 Å². The van der Waals surface area contributed by atoms with Crippen LogP contribution in [0.5, 0.6) is 0 Å². The Hall–Kier alpha value is -1.34. The van der Waals surface area contributed by atoms with E-state index in [-0.39, 0.29) is 18.4 Å². The van der Waals surface area contributed by atoms with Gasteiger partial charge in [-0.05, 0) is 39.0 Å². The van der Waals surface area contributed by atoms with Crippen LogP contribution in [0.2, 0.25) is 0 Å². The van der Waals surface area contributed by atoms with E-state index in [4.69, 9.17) is 0 Å². The Morgan fingerprint density at radius 2 is 1.68 bits per heavy atom. The van der Waals surface area contributed by atoms with E-state index in [1.165, 1.54) is 29.1 Å². The minimum atomic E-state index is -0.0774. The third-order valence-electron chi connectivity index (χ3n) is 4.35. The third-order valence-corrected chi connectivity index (χ3v) is 4.35. The van der Waals surface area contributed by atoms with Crippen molar-refractivity contribution in [2.45, 2.75) is 58.0 Å². The van der Waals surface area contributed by atoms with Crippen LogP contribution in [-0.2, 0) is 9.59 Å². The number of nitrogens with zero attached hydrogens (tertiary/aromatic N) is 1. The quantitative estimate of drug-likeness (QED) is 0.562. The van der Waals surface area contributed by atoms with Crippen molar-refractivity contribution >= 4 is 11.8 Å². The molecule has 0 spiro atoms. The average molecular weight is 263 g/mol. The van der Waals surface area contributed by atoms with E-state index < -0.39 is 0 Å². The second-order valence-corrected chi connectivity index (χ2v) is 5.71. The summed E-state index contributed by atoms with van der Waals surface area (Å²) in [6.07, 6.45) is 4.56. The summed E-state index contributed by atoms with van der Waals surface area (Å²) in [5, 5.41) is 0. The highest BCUT2D eigenvalue weighted by Gasteiger charge is 2.28. The van der Waals surface area contributed by atoms with Crippen molar-refractivity contribution in [3.05, 3.63) is 0 Å². The van der Waals surface area contributed by atoms with E-state index in [0.29, 0.717) is 24.9 Å². The van der Waals surface area contributed by atoms with Gasteiger partial charge >= 0.3 is 0 Å². The summed E-state index contributed by atoms with van der Waals surface area (Å²) >= 11 is 0. The first kappa shape index (κ1) is 14.1. The fourth-order valence-electron chi connectivity index (χ4n) is 3.03. The van der Waals surface area contributed by atoms with Crippen LogP contribution in [0.3, 0.4) is 0 Å². The Bertz CT molecular complexity index is 396. The van der Waals surface area contributed by atoms with Gasteiger partial charge in [0.2, 0.25) is 11.8 Å². The number of imide groups is 1. The lowest BCUT2D eigenvalue weighted by molar-refractivity contribution is -0.944. The number of carbonyl (C=O) groups is 2. The summed E-state index contributed by atoms with van der Waals surface area (Å²) in [4.78, 5) is 25.7. The second kappa shape index (κ2) is 6.21. The minimum absolute atomic E-state index is 0.0774. The number of piperidine rings is 1. The van der Waals surface area contributed by atoms with Gasteiger partial charge < -0.3 is 4.90 Å². The third kappa shape index (κ3) is 3.36. The molecule has 2 aliphatic rings. The minimum Gasteiger partial charge on any atom is -0.320 e. The monoisotopic (exact) mass is 263 g/mol. The molecule has 0 aromatic heterocycles. The molecule has 0 aromatic carbocycles. The zero-order chi connectivity index (χ0) is 13.8. The fraction of sp³-hybridized carbons (Fsp3) is 0.733. The normalized spacial score (nSPS) is 31.3. The largest absolute Gasteiger partial charge is 0.320 e. The summed E-state index contributed by atoms with van der Waals surface area (Å²) in [5.41, 5.74) is 0. The van der Waals surface area contributed by atoms with E-state index in [9.17, 15) is 9.59 Å². The van der Waals surface area contributed by atoms with Crippen LogP contribution in [0, 0.1) is 11.8 Å². The summed E-state index contributed by atoms with van der Waals surface area (Å²) in [6.45, 7) is 5.65. The van der Waals surface area contributed by atoms with Crippen LogP contribution in [-0.4, -0.2) is 41.9 Å². The number of hydrogen-bond acceptors (Lipinski definition) is 2. The molecule has 4 heteroatoms. The molecular formula is C15H23N2O2+. The molecule has 1 unspecified atom stereocenters. The molecule has 2 amide bonds. The first-order valence-corrected chi connectivity index (χ1v) is 7.24. The van der Waals surface area contributed by atoms with Crippen LogP contribution in [0.15, 0.2) is 0 Å². The Morgan fingerprint density at radius 1 is 1.11 bits per heavy atom. The number of rotatable bonds is 2. The van der Waals surface area contributed by atoms with Gasteiger partial charge in [-0.25, -0.2) is 0 Å². The number of quaternary nitrogens is 1. The van der Waals surface area contributed by atoms with Crippen LogP contribution < -0.4 is 4.90 Å². The highest BCUT2D eigenvalue weighted by molar-refractivity contribution is 6.02. The van der Waals surface area contributed by atoms with Gasteiger partial charge in [0.25, 0.3) is 0 Å². The van der Waals surface area contributed by atoms with Gasteiger partial charge in [0.05, 0.1) is 18.6 Å². The SMILES string of the molecule is C[C@@H]1CCC[C@H](C)[NH+]1CC#CCN1C(=O)CCC1=O. The van der Waals surface area contributed by atoms with Crippen LogP contribution in [0.4, 0.5) is 0 Å². The molecule has 0 saturated carbocycles. The highest BCUT2D eigenvalue weighted by atomic mass is 16.2. The standard InChI is InChI=1S/C15H22N2O2/c1-12-6-5-7-13(2)16(12)10-3-4-11-17-14(18)8-9-15(17)19/h12-13H,5-11H2,1-2H3/p+1/t12-,13+. The number of hydrogen-bond donors (Lipinski definition) is 1. The van der Waals surface area contributed by atoms with E-state index in [1.54, 1.807) is 0 Å². The van der Waals surface area contributed by atoms with Crippen molar-refractivity contribution in [3.63, 3.8) is 0 Å². The van der Waals surface area contributed by atoms with E-state index in [1.807, 2.05) is 0 Å². The molecule has 2 saturated heterocycles. The maximum atomic E-state index is 11.4. The Morgan fingerprint density at radius 3 is 2.26 bits per heavy atom. The summed E-state index contributed by atoms with van der Waals surface area (Å²) in [7, 11) is 0. The van der Waals surface area contributed by atoms with Gasteiger partial charge in [0.1, 0.15) is 6.54 Å². The van der Waals surface area contributed by atoms with Crippen molar-refractivity contribution in [1.29, 1.82) is 0 Å². The Balaban J connectivity index is 1.83. The molecule has 104 valence electrons. The molecule has 2 rings (SSSR count). The zero-order valence-corrected chi connectivity index (χ0v) is 11.9. The maximum Gasteiger partial charge on any atom is 0.230 e. The number of carbonyl (C=O) groups excluding carboxylic acids is 2. The van der Waals surface area contributed by atoms with Gasteiger partial charge in [0, 0.05) is 12.8 Å². The van der Waals surface area contributed by atoms with Gasteiger partial charge in [0.15, 0.2) is 0 Å². The van der Waals surface area contributed by atoms with Crippen molar-refractivity contribution in [1.82, 2.24) is 4.90 Å². The molecule has 4 nitrogen and oxygen atoms in total. The van der Waals surface area contributed by atoms with Crippen LogP contribution >= 0.6 is 0 Å². The highest BCUT2D eigenvalue weighted by Crippen LogP contribution is 2.10. The Labute approximate surface area is 115 Å².